The zero-order valence-corrected chi connectivity index (χ0v) is 11.8. The third-order valence-corrected chi connectivity index (χ3v) is 5.13. The highest BCUT2D eigenvalue weighted by molar-refractivity contribution is 7.99. The maximum Gasteiger partial charge on any atom is 0.124 e. The van der Waals surface area contributed by atoms with Gasteiger partial charge in [-0.15, -0.1) is 0 Å². The summed E-state index contributed by atoms with van der Waals surface area (Å²) in [6, 6.07) is 8.99. The molecule has 0 saturated carbocycles. The Labute approximate surface area is 113 Å². The predicted octanol–water partition coefficient (Wildman–Crippen LogP) is 3.39. The molecule has 1 aromatic rings. The van der Waals surface area contributed by atoms with Crippen LogP contribution < -0.4 is 10.1 Å². The molecule has 1 N–H and O–H groups in total. The molecule has 1 saturated heterocycles. The van der Waals surface area contributed by atoms with Gasteiger partial charge in [0.2, 0.25) is 0 Å². The van der Waals surface area contributed by atoms with Gasteiger partial charge >= 0.3 is 0 Å². The Morgan fingerprint density at radius 3 is 3.11 bits per heavy atom. The van der Waals surface area contributed by atoms with Gasteiger partial charge in [-0.25, -0.2) is 0 Å². The van der Waals surface area contributed by atoms with Crippen LogP contribution in [0.15, 0.2) is 24.3 Å². The second kappa shape index (κ2) is 5.14. The van der Waals surface area contributed by atoms with Gasteiger partial charge < -0.3 is 10.1 Å². The van der Waals surface area contributed by atoms with E-state index in [1.807, 2.05) is 11.8 Å². The summed E-state index contributed by atoms with van der Waals surface area (Å²) in [5, 5.41) is 3.69. The van der Waals surface area contributed by atoms with E-state index in [0.717, 1.165) is 24.5 Å². The van der Waals surface area contributed by atoms with Gasteiger partial charge in [0, 0.05) is 23.8 Å². The Morgan fingerprint density at radius 1 is 1.44 bits per heavy atom. The van der Waals surface area contributed by atoms with E-state index in [1.54, 1.807) is 0 Å². The third-order valence-electron chi connectivity index (χ3n) is 3.90. The van der Waals surface area contributed by atoms with Gasteiger partial charge in [0.05, 0.1) is 0 Å². The first-order chi connectivity index (χ1) is 8.83. The minimum atomic E-state index is 0.0877. The molecule has 2 atom stereocenters. The summed E-state index contributed by atoms with van der Waals surface area (Å²) in [7, 11) is 0. The predicted molar refractivity (Wildman–Crippen MR) is 77.4 cm³/mol. The highest BCUT2D eigenvalue weighted by Crippen LogP contribution is 2.45. The minimum absolute atomic E-state index is 0.0877. The van der Waals surface area contributed by atoms with Gasteiger partial charge in [-0.1, -0.05) is 25.1 Å². The molecule has 2 aliphatic heterocycles. The average molecular weight is 263 g/mol. The molecular weight excluding hydrogens is 242 g/mol. The maximum atomic E-state index is 6.33. The van der Waals surface area contributed by atoms with E-state index >= 15 is 0 Å². The number of nitrogens with one attached hydrogen (secondary N) is 1. The van der Waals surface area contributed by atoms with Gasteiger partial charge in [-0.3, -0.25) is 0 Å². The van der Waals surface area contributed by atoms with Crippen LogP contribution in [0, 0.1) is 0 Å². The fourth-order valence-corrected chi connectivity index (χ4v) is 4.30. The summed E-state index contributed by atoms with van der Waals surface area (Å²) in [6.45, 7) is 3.31. The second-order valence-corrected chi connectivity index (χ2v) is 6.44. The lowest BCUT2D eigenvalue weighted by Gasteiger charge is -2.40. The lowest BCUT2D eigenvalue weighted by Crippen LogP contribution is -2.44. The topological polar surface area (TPSA) is 21.3 Å². The molecule has 2 nitrogen and oxygen atoms in total. The van der Waals surface area contributed by atoms with Crippen molar-refractivity contribution in [3.05, 3.63) is 29.8 Å². The van der Waals surface area contributed by atoms with Gasteiger partial charge in [-0.05, 0) is 31.2 Å². The Bertz CT molecular complexity index is 415. The second-order valence-electron chi connectivity index (χ2n) is 5.34. The van der Waals surface area contributed by atoms with Gasteiger partial charge in [0.15, 0.2) is 0 Å². The lowest BCUT2D eigenvalue weighted by molar-refractivity contribution is 0.0552. The first-order valence-corrected chi connectivity index (χ1v) is 8.07. The van der Waals surface area contributed by atoms with Crippen LogP contribution in [0.1, 0.15) is 37.8 Å². The molecule has 98 valence electrons. The lowest BCUT2D eigenvalue weighted by atomic mass is 9.86. The van der Waals surface area contributed by atoms with Crippen molar-refractivity contribution in [1.82, 2.24) is 5.32 Å². The Hall–Kier alpha value is -0.670. The van der Waals surface area contributed by atoms with Crippen molar-refractivity contribution in [1.29, 1.82) is 0 Å². The molecule has 2 aliphatic rings. The van der Waals surface area contributed by atoms with E-state index in [2.05, 4.69) is 36.5 Å². The van der Waals surface area contributed by atoms with E-state index < -0.39 is 0 Å². The SMILES string of the molecule is CCCNC1CC2(CCSC2)Oc2ccccc21. The molecule has 3 heteroatoms. The van der Waals surface area contributed by atoms with Crippen molar-refractivity contribution >= 4 is 11.8 Å². The Morgan fingerprint density at radius 2 is 2.33 bits per heavy atom. The highest BCUT2D eigenvalue weighted by atomic mass is 32.2. The van der Waals surface area contributed by atoms with Crippen LogP contribution in [0.3, 0.4) is 0 Å². The highest BCUT2D eigenvalue weighted by Gasteiger charge is 2.43. The number of thioether (sulfide) groups is 1. The average Bonchev–Trinajstić information content (AvgIpc) is 2.84. The van der Waals surface area contributed by atoms with E-state index in [-0.39, 0.29) is 5.60 Å². The number of hydrogen-bond acceptors (Lipinski definition) is 3. The van der Waals surface area contributed by atoms with Crippen LogP contribution in [0.2, 0.25) is 0 Å². The molecular formula is C15H21NOS. The van der Waals surface area contributed by atoms with Crippen molar-refractivity contribution in [2.75, 3.05) is 18.1 Å². The van der Waals surface area contributed by atoms with Crippen molar-refractivity contribution in [3.63, 3.8) is 0 Å². The van der Waals surface area contributed by atoms with Gasteiger partial charge in [0.25, 0.3) is 0 Å². The molecule has 0 amide bonds. The maximum absolute atomic E-state index is 6.33. The van der Waals surface area contributed by atoms with Crippen molar-refractivity contribution < 1.29 is 4.74 Å². The zero-order chi connectivity index (χ0) is 12.4. The molecule has 2 heterocycles. The Balaban J connectivity index is 1.88. The standard InChI is InChI=1S/C15H21NOS/c1-2-8-16-13-10-15(7-9-18-11-15)17-14-6-4-3-5-12(13)14/h3-6,13,16H,2,7-11H2,1H3. The number of rotatable bonds is 3. The number of para-hydroxylation sites is 1. The molecule has 0 aliphatic carbocycles. The molecule has 3 rings (SSSR count). The van der Waals surface area contributed by atoms with Crippen LogP contribution in [-0.2, 0) is 0 Å². The molecule has 18 heavy (non-hydrogen) atoms. The quantitative estimate of drug-likeness (QED) is 0.903. The van der Waals surface area contributed by atoms with Crippen molar-refractivity contribution in [3.8, 4) is 5.75 Å². The molecule has 1 fully saturated rings. The van der Waals surface area contributed by atoms with E-state index in [1.165, 1.54) is 24.2 Å². The molecule has 2 unspecified atom stereocenters. The van der Waals surface area contributed by atoms with Crippen LogP contribution in [-0.4, -0.2) is 23.7 Å². The number of hydrogen-bond donors (Lipinski definition) is 1. The smallest absolute Gasteiger partial charge is 0.124 e. The molecule has 1 aromatic carbocycles. The van der Waals surface area contributed by atoms with E-state index in [4.69, 9.17) is 4.74 Å². The first kappa shape index (κ1) is 12.4. The van der Waals surface area contributed by atoms with Crippen LogP contribution in [0.25, 0.3) is 0 Å². The largest absolute Gasteiger partial charge is 0.486 e. The fraction of sp³-hybridized carbons (Fsp3) is 0.600. The van der Waals surface area contributed by atoms with E-state index in [9.17, 15) is 0 Å². The zero-order valence-electron chi connectivity index (χ0n) is 10.9. The molecule has 1 spiro atoms. The fourth-order valence-electron chi connectivity index (χ4n) is 2.95. The number of benzene rings is 1. The summed E-state index contributed by atoms with van der Waals surface area (Å²) in [5.74, 6) is 3.48. The minimum Gasteiger partial charge on any atom is -0.486 e. The van der Waals surface area contributed by atoms with E-state index in [0.29, 0.717) is 6.04 Å². The summed E-state index contributed by atoms with van der Waals surface area (Å²) in [4.78, 5) is 0. The number of ether oxygens (including phenoxy) is 1. The molecule has 0 aromatic heterocycles. The van der Waals surface area contributed by atoms with Gasteiger partial charge in [-0.2, -0.15) is 11.8 Å². The summed E-state index contributed by atoms with van der Waals surface area (Å²) in [5.41, 5.74) is 1.43. The normalized spacial score (nSPS) is 30.2. The third kappa shape index (κ3) is 2.26. The van der Waals surface area contributed by atoms with Crippen LogP contribution in [0.4, 0.5) is 0 Å². The molecule has 0 bridgehead atoms. The Kier molecular flexibility index (Phi) is 3.53. The first-order valence-electron chi connectivity index (χ1n) is 6.92. The molecule has 0 radical (unpaired) electrons. The van der Waals surface area contributed by atoms with Crippen molar-refractivity contribution in [2.45, 2.75) is 37.8 Å². The monoisotopic (exact) mass is 263 g/mol. The van der Waals surface area contributed by atoms with Crippen LogP contribution >= 0.6 is 11.8 Å². The van der Waals surface area contributed by atoms with Gasteiger partial charge in [0.1, 0.15) is 11.4 Å². The van der Waals surface area contributed by atoms with Crippen molar-refractivity contribution in [2.24, 2.45) is 0 Å². The van der Waals surface area contributed by atoms with Crippen LogP contribution in [0.5, 0.6) is 5.75 Å². The summed E-state index contributed by atoms with van der Waals surface area (Å²) < 4.78 is 6.33. The summed E-state index contributed by atoms with van der Waals surface area (Å²) in [6.07, 6.45) is 3.49. The number of fused-ring (bicyclic) bond motifs is 1. The summed E-state index contributed by atoms with van der Waals surface area (Å²) >= 11 is 2.03.